The predicted molar refractivity (Wildman–Crippen MR) is 60.5 cm³/mol. The Labute approximate surface area is 91.8 Å². The van der Waals surface area contributed by atoms with Gasteiger partial charge in [0.05, 0.1) is 18.1 Å². The molecule has 0 fully saturated rings. The van der Waals surface area contributed by atoms with E-state index in [1.807, 2.05) is 28.9 Å². The van der Waals surface area contributed by atoms with Gasteiger partial charge >= 0.3 is 0 Å². The van der Waals surface area contributed by atoms with Crippen molar-refractivity contribution >= 4 is 17.0 Å². The highest BCUT2D eigenvalue weighted by Gasteiger charge is 1.97. The second-order valence-electron chi connectivity index (χ2n) is 3.36. The normalized spacial score (nSPS) is 10.5. The van der Waals surface area contributed by atoms with Gasteiger partial charge in [0.15, 0.2) is 0 Å². The maximum Gasteiger partial charge on any atom is 0.138 e. The zero-order valence-electron chi connectivity index (χ0n) is 8.41. The fourth-order valence-corrected chi connectivity index (χ4v) is 1.52. The molecule has 5 heteroatoms. The third-order valence-electron chi connectivity index (χ3n) is 2.25. The summed E-state index contributed by atoms with van der Waals surface area (Å²) in [4.78, 5) is 12.1. The summed E-state index contributed by atoms with van der Waals surface area (Å²) in [6.45, 7) is 0. The first-order chi connectivity index (χ1) is 7.92. The maximum atomic E-state index is 4.21. The van der Waals surface area contributed by atoms with Gasteiger partial charge in [-0.2, -0.15) is 0 Å². The van der Waals surface area contributed by atoms with Crippen LogP contribution in [0.3, 0.4) is 0 Å². The van der Waals surface area contributed by atoms with Crippen molar-refractivity contribution in [3.63, 3.8) is 0 Å². The minimum absolute atomic E-state index is 0.860. The van der Waals surface area contributed by atoms with E-state index in [9.17, 15) is 0 Å². The molecule has 0 unspecified atom stereocenters. The molecular formula is C11H9N5. The number of pyridine rings is 1. The van der Waals surface area contributed by atoms with Crippen LogP contribution in [0.4, 0.5) is 11.4 Å². The fourth-order valence-electron chi connectivity index (χ4n) is 1.52. The molecule has 16 heavy (non-hydrogen) atoms. The molecule has 0 atom stereocenters. The average molecular weight is 211 g/mol. The van der Waals surface area contributed by atoms with Crippen LogP contribution in [0.25, 0.3) is 5.65 Å². The Hall–Kier alpha value is -2.43. The molecule has 3 rings (SSSR count). The van der Waals surface area contributed by atoms with Gasteiger partial charge in [-0.1, -0.05) is 0 Å². The summed E-state index contributed by atoms with van der Waals surface area (Å²) in [7, 11) is 0. The molecule has 0 aliphatic rings. The number of nitrogens with one attached hydrogen (secondary N) is 1. The number of hydrogen-bond acceptors (Lipinski definition) is 4. The van der Waals surface area contributed by atoms with Gasteiger partial charge in [-0.05, 0) is 6.07 Å². The van der Waals surface area contributed by atoms with Crippen LogP contribution >= 0.6 is 0 Å². The molecule has 3 aromatic heterocycles. The first kappa shape index (κ1) is 8.84. The van der Waals surface area contributed by atoms with Crippen molar-refractivity contribution in [2.75, 3.05) is 5.32 Å². The molecule has 0 amide bonds. The van der Waals surface area contributed by atoms with Gasteiger partial charge in [-0.15, -0.1) is 0 Å². The van der Waals surface area contributed by atoms with E-state index in [4.69, 9.17) is 0 Å². The summed E-state index contributed by atoms with van der Waals surface area (Å²) in [5.74, 6) is 0. The molecule has 0 aliphatic heterocycles. The monoisotopic (exact) mass is 211 g/mol. The highest BCUT2D eigenvalue weighted by Crippen LogP contribution is 2.15. The molecule has 0 aromatic carbocycles. The second-order valence-corrected chi connectivity index (χ2v) is 3.36. The topological polar surface area (TPSA) is 55.1 Å². The lowest BCUT2D eigenvalue weighted by Gasteiger charge is -2.05. The van der Waals surface area contributed by atoms with Crippen LogP contribution in [0.1, 0.15) is 0 Å². The zero-order valence-corrected chi connectivity index (χ0v) is 8.41. The molecule has 0 saturated carbocycles. The molecule has 0 spiro atoms. The Morgan fingerprint density at radius 1 is 1.06 bits per heavy atom. The number of rotatable bonds is 2. The van der Waals surface area contributed by atoms with Gasteiger partial charge < -0.3 is 9.72 Å². The SMILES string of the molecule is c1ncc(Nc2ccn3ccnc3c2)cn1. The van der Waals surface area contributed by atoms with E-state index in [0.717, 1.165) is 17.0 Å². The molecule has 0 aliphatic carbocycles. The van der Waals surface area contributed by atoms with Crippen molar-refractivity contribution in [1.82, 2.24) is 19.4 Å². The minimum atomic E-state index is 0.860. The molecule has 0 radical (unpaired) electrons. The first-order valence-electron chi connectivity index (χ1n) is 4.86. The van der Waals surface area contributed by atoms with E-state index in [1.54, 1.807) is 18.6 Å². The van der Waals surface area contributed by atoms with Gasteiger partial charge in [0.1, 0.15) is 12.0 Å². The number of anilines is 2. The van der Waals surface area contributed by atoms with Gasteiger partial charge in [-0.3, -0.25) is 0 Å². The third kappa shape index (κ3) is 1.58. The van der Waals surface area contributed by atoms with Crippen molar-refractivity contribution in [2.24, 2.45) is 0 Å². The largest absolute Gasteiger partial charge is 0.353 e. The van der Waals surface area contributed by atoms with Crippen LogP contribution in [-0.4, -0.2) is 19.4 Å². The summed E-state index contributed by atoms with van der Waals surface area (Å²) in [6.07, 6.45) is 10.6. The lowest BCUT2D eigenvalue weighted by molar-refractivity contribution is 1.16. The number of aromatic nitrogens is 4. The van der Waals surface area contributed by atoms with E-state index < -0.39 is 0 Å². The average Bonchev–Trinajstić information content (AvgIpc) is 2.77. The summed E-state index contributed by atoms with van der Waals surface area (Å²) >= 11 is 0. The highest BCUT2D eigenvalue weighted by atomic mass is 15.0. The Morgan fingerprint density at radius 3 is 2.81 bits per heavy atom. The van der Waals surface area contributed by atoms with Crippen LogP contribution in [-0.2, 0) is 0 Å². The number of hydrogen-bond donors (Lipinski definition) is 1. The molecule has 78 valence electrons. The minimum Gasteiger partial charge on any atom is -0.353 e. The maximum absolute atomic E-state index is 4.21. The summed E-state index contributed by atoms with van der Waals surface area (Å²) in [6, 6.07) is 3.94. The third-order valence-corrected chi connectivity index (χ3v) is 2.25. The summed E-state index contributed by atoms with van der Waals surface area (Å²) in [5, 5.41) is 3.21. The van der Waals surface area contributed by atoms with Crippen molar-refractivity contribution in [3.8, 4) is 0 Å². The molecule has 1 N–H and O–H groups in total. The summed E-state index contributed by atoms with van der Waals surface area (Å²) in [5.41, 5.74) is 2.73. The van der Waals surface area contributed by atoms with Crippen LogP contribution < -0.4 is 5.32 Å². The van der Waals surface area contributed by atoms with Crippen molar-refractivity contribution in [1.29, 1.82) is 0 Å². The number of fused-ring (bicyclic) bond motifs is 1. The Bertz CT molecular complexity index is 602. The number of nitrogens with zero attached hydrogens (tertiary/aromatic N) is 4. The van der Waals surface area contributed by atoms with Gasteiger partial charge in [0.2, 0.25) is 0 Å². The Morgan fingerprint density at radius 2 is 1.94 bits per heavy atom. The predicted octanol–water partition coefficient (Wildman–Crippen LogP) is 1.87. The zero-order chi connectivity index (χ0) is 10.8. The second kappa shape index (κ2) is 3.62. The van der Waals surface area contributed by atoms with E-state index in [-0.39, 0.29) is 0 Å². The smallest absolute Gasteiger partial charge is 0.138 e. The summed E-state index contributed by atoms with van der Waals surface area (Å²) < 4.78 is 1.95. The van der Waals surface area contributed by atoms with Crippen molar-refractivity contribution in [3.05, 3.63) is 49.4 Å². The number of imidazole rings is 1. The first-order valence-corrected chi connectivity index (χ1v) is 4.86. The Kier molecular flexibility index (Phi) is 2.00. The molecule has 0 bridgehead atoms. The lowest BCUT2D eigenvalue weighted by Crippen LogP contribution is -1.93. The molecule has 3 aromatic rings. The van der Waals surface area contributed by atoms with Gasteiger partial charge in [-0.25, -0.2) is 15.0 Å². The van der Waals surface area contributed by atoms with E-state index in [0.29, 0.717) is 0 Å². The van der Waals surface area contributed by atoms with Gasteiger partial charge in [0, 0.05) is 30.3 Å². The van der Waals surface area contributed by atoms with E-state index in [1.165, 1.54) is 6.33 Å². The van der Waals surface area contributed by atoms with Crippen molar-refractivity contribution in [2.45, 2.75) is 0 Å². The Balaban J connectivity index is 1.94. The fraction of sp³-hybridized carbons (Fsp3) is 0. The van der Waals surface area contributed by atoms with Crippen LogP contribution in [0.2, 0.25) is 0 Å². The highest BCUT2D eigenvalue weighted by molar-refractivity contribution is 5.62. The van der Waals surface area contributed by atoms with Crippen LogP contribution in [0.15, 0.2) is 49.4 Å². The molecule has 3 heterocycles. The lowest BCUT2D eigenvalue weighted by atomic mass is 10.3. The van der Waals surface area contributed by atoms with Crippen LogP contribution in [0, 0.1) is 0 Å². The van der Waals surface area contributed by atoms with Crippen LogP contribution in [0.5, 0.6) is 0 Å². The molecular weight excluding hydrogens is 202 g/mol. The van der Waals surface area contributed by atoms with Crippen molar-refractivity contribution < 1.29 is 0 Å². The van der Waals surface area contributed by atoms with E-state index >= 15 is 0 Å². The molecule has 0 saturated heterocycles. The van der Waals surface area contributed by atoms with E-state index in [2.05, 4.69) is 20.3 Å². The molecule has 5 nitrogen and oxygen atoms in total. The standard InChI is InChI=1S/C11H9N5/c1-3-16-4-2-14-11(16)5-9(1)15-10-6-12-8-13-7-10/h1-8,15H. The quantitative estimate of drug-likeness (QED) is 0.703. The van der Waals surface area contributed by atoms with Gasteiger partial charge in [0.25, 0.3) is 0 Å².